The third-order valence-electron chi connectivity index (χ3n) is 2.27. The van der Waals surface area contributed by atoms with E-state index in [0.29, 0.717) is 19.4 Å². The fourth-order valence-corrected chi connectivity index (χ4v) is 1.34. The van der Waals surface area contributed by atoms with Crippen molar-refractivity contribution in [1.82, 2.24) is 5.32 Å². The quantitative estimate of drug-likeness (QED) is 0.775. The molecule has 1 aromatic rings. The Hall–Kier alpha value is -1.49. The molecule has 1 atom stereocenters. The second-order valence-electron chi connectivity index (χ2n) is 3.88. The molecule has 1 rings (SSSR count). The van der Waals surface area contributed by atoms with Gasteiger partial charge in [0.25, 0.3) is 5.91 Å². The highest BCUT2D eigenvalue weighted by Gasteiger charge is 2.08. The Bertz CT molecular complexity index is 394. The molecule has 94 valence electrons. The van der Waals surface area contributed by atoms with Crippen LogP contribution in [-0.4, -0.2) is 23.7 Å². The second kappa shape index (κ2) is 6.30. The summed E-state index contributed by atoms with van der Waals surface area (Å²) in [6.45, 7) is 2.06. The van der Waals surface area contributed by atoms with Crippen molar-refractivity contribution in [3.8, 4) is 0 Å². The maximum atomic E-state index is 12.8. The zero-order chi connectivity index (χ0) is 12.8. The van der Waals surface area contributed by atoms with E-state index in [1.165, 1.54) is 6.07 Å². The van der Waals surface area contributed by atoms with Gasteiger partial charge in [-0.25, -0.2) is 8.78 Å². The fraction of sp³-hybridized carbons (Fsp3) is 0.417. The van der Waals surface area contributed by atoms with E-state index in [2.05, 4.69) is 5.32 Å². The van der Waals surface area contributed by atoms with Gasteiger partial charge in [0.15, 0.2) is 11.6 Å². The monoisotopic (exact) mass is 243 g/mol. The van der Waals surface area contributed by atoms with Crippen LogP contribution in [0.15, 0.2) is 18.2 Å². The summed E-state index contributed by atoms with van der Waals surface area (Å²) in [7, 11) is 0. The van der Waals surface area contributed by atoms with Crippen molar-refractivity contribution in [1.29, 1.82) is 0 Å². The summed E-state index contributed by atoms with van der Waals surface area (Å²) in [6, 6.07) is 3.00. The van der Waals surface area contributed by atoms with E-state index in [4.69, 9.17) is 5.11 Å². The Morgan fingerprint density at radius 3 is 2.71 bits per heavy atom. The third-order valence-corrected chi connectivity index (χ3v) is 2.27. The molecule has 0 heterocycles. The highest BCUT2D eigenvalue weighted by Crippen LogP contribution is 2.08. The summed E-state index contributed by atoms with van der Waals surface area (Å²) in [5, 5.41) is 11.6. The normalized spacial score (nSPS) is 12.2. The summed E-state index contributed by atoms with van der Waals surface area (Å²) in [4.78, 5) is 11.5. The highest BCUT2D eigenvalue weighted by molar-refractivity contribution is 5.94. The molecule has 0 fully saturated rings. The molecule has 0 aliphatic heterocycles. The van der Waals surface area contributed by atoms with Crippen LogP contribution in [0, 0.1) is 11.6 Å². The van der Waals surface area contributed by atoms with E-state index in [1.807, 2.05) is 0 Å². The van der Waals surface area contributed by atoms with E-state index in [0.717, 1.165) is 12.1 Å². The van der Waals surface area contributed by atoms with Crippen LogP contribution in [0.1, 0.15) is 30.1 Å². The summed E-state index contributed by atoms with van der Waals surface area (Å²) >= 11 is 0. The van der Waals surface area contributed by atoms with Crippen LogP contribution in [0.25, 0.3) is 0 Å². The molecule has 0 aliphatic carbocycles. The SMILES string of the molecule is CC(O)CCCNC(=O)c1ccc(F)c(F)c1. The Kier molecular flexibility index (Phi) is 5.03. The van der Waals surface area contributed by atoms with Crippen molar-refractivity contribution < 1.29 is 18.7 Å². The smallest absolute Gasteiger partial charge is 0.251 e. The Morgan fingerprint density at radius 2 is 2.12 bits per heavy atom. The summed E-state index contributed by atoms with van der Waals surface area (Å²) in [5.74, 6) is -2.47. The van der Waals surface area contributed by atoms with E-state index in [9.17, 15) is 13.6 Å². The van der Waals surface area contributed by atoms with Crippen molar-refractivity contribution in [3.05, 3.63) is 35.4 Å². The van der Waals surface area contributed by atoms with Crippen molar-refractivity contribution in [2.24, 2.45) is 0 Å². The van der Waals surface area contributed by atoms with Gasteiger partial charge in [-0.15, -0.1) is 0 Å². The molecule has 0 aromatic heterocycles. The lowest BCUT2D eigenvalue weighted by Gasteiger charge is -2.06. The summed E-state index contributed by atoms with van der Waals surface area (Å²) < 4.78 is 25.5. The lowest BCUT2D eigenvalue weighted by molar-refractivity contribution is 0.0949. The number of hydrogen-bond donors (Lipinski definition) is 2. The van der Waals surface area contributed by atoms with Crippen molar-refractivity contribution >= 4 is 5.91 Å². The van der Waals surface area contributed by atoms with Gasteiger partial charge < -0.3 is 10.4 Å². The first-order valence-electron chi connectivity index (χ1n) is 5.42. The molecule has 0 spiro atoms. The summed E-state index contributed by atoms with van der Waals surface area (Å²) in [6.07, 6.45) is 0.806. The van der Waals surface area contributed by atoms with Gasteiger partial charge >= 0.3 is 0 Å². The van der Waals surface area contributed by atoms with Gasteiger partial charge in [0, 0.05) is 12.1 Å². The molecular weight excluding hydrogens is 228 g/mol. The molecule has 0 aliphatic rings. The van der Waals surface area contributed by atoms with Gasteiger partial charge in [0.2, 0.25) is 0 Å². The van der Waals surface area contributed by atoms with E-state index in [1.54, 1.807) is 6.92 Å². The minimum absolute atomic E-state index is 0.0842. The lowest BCUT2D eigenvalue weighted by atomic mass is 10.2. The molecule has 0 bridgehead atoms. The molecule has 0 saturated heterocycles. The maximum absolute atomic E-state index is 12.8. The van der Waals surface area contributed by atoms with Crippen LogP contribution in [0.2, 0.25) is 0 Å². The molecule has 3 nitrogen and oxygen atoms in total. The van der Waals surface area contributed by atoms with Gasteiger partial charge in [-0.1, -0.05) is 0 Å². The predicted octanol–water partition coefficient (Wildman–Crippen LogP) is 1.86. The zero-order valence-corrected chi connectivity index (χ0v) is 9.54. The Labute approximate surface area is 98.5 Å². The number of carbonyl (C=O) groups is 1. The highest BCUT2D eigenvalue weighted by atomic mass is 19.2. The number of halogens is 2. The molecule has 0 saturated carbocycles. The van der Waals surface area contributed by atoms with E-state index < -0.39 is 23.6 Å². The average Bonchev–Trinajstić information content (AvgIpc) is 2.27. The number of nitrogens with one attached hydrogen (secondary N) is 1. The molecular formula is C12H15F2NO2. The number of rotatable bonds is 5. The topological polar surface area (TPSA) is 49.3 Å². The van der Waals surface area contributed by atoms with Gasteiger partial charge in [-0.2, -0.15) is 0 Å². The largest absolute Gasteiger partial charge is 0.393 e. The number of benzene rings is 1. The average molecular weight is 243 g/mol. The van der Waals surface area contributed by atoms with Crippen LogP contribution in [0.3, 0.4) is 0 Å². The minimum atomic E-state index is -1.04. The van der Waals surface area contributed by atoms with Crippen LogP contribution in [0.4, 0.5) is 8.78 Å². The van der Waals surface area contributed by atoms with E-state index >= 15 is 0 Å². The second-order valence-corrected chi connectivity index (χ2v) is 3.88. The zero-order valence-electron chi connectivity index (χ0n) is 9.54. The molecule has 0 radical (unpaired) electrons. The number of aliphatic hydroxyl groups excluding tert-OH is 1. The number of amides is 1. The molecule has 1 unspecified atom stereocenters. The van der Waals surface area contributed by atoms with Crippen LogP contribution >= 0.6 is 0 Å². The molecule has 2 N–H and O–H groups in total. The predicted molar refractivity (Wildman–Crippen MR) is 59.6 cm³/mol. The number of aliphatic hydroxyl groups is 1. The fourth-order valence-electron chi connectivity index (χ4n) is 1.34. The molecule has 5 heteroatoms. The first kappa shape index (κ1) is 13.6. The van der Waals surface area contributed by atoms with Crippen LogP contribution < -0.4 is 5.32 Å². The van der Waals surface area contributed by atoms with Crippen molar-refractivity contribution in [2.45, 2.75) is 25.9 Å². The Morgan fingerprint density at radius 1 is 1.41 bits per heavy atom. The minimum Gasteiger partial charge on any atom is -0.393 e. The van der Waals surface area contributed by atoms with Gasteiger partial charge in [-0.3, -0.25) is 4.79 Å². The van der Waals surface area contributed by atoms with Crippen LogP contribution in [0.5, 0.6) is 0 Å². The van der Waals surface area contributed by atoms with Gasteiger partial charge in [0.05, 0.1) is 6.10 Å². The summed E-state index contributed by atoms with van der Waals surface area (Å²) in [5.41, 5.74) is 0.0842. The number of hydrogen-bond acceptors (Lipinski definition) is 2. The Balaban J connectivity index is 2.44. The maximum Gasteiger partial charge on any atom is 0.251 e. The molecule has 1 aromatic carbocycles. The molecule has 1 amide bonds. The van der Waals surface area contributed by atoms with Gasteiger partial charge in [0.1, 0.15) is 0 Å². The van der Waals surface area contributed by atoms with E-state index in [-0.39, 0.29) is 5.56 Å². The standard InChI is InChI=1S/C12H15F2NO2/c1-8(16)3-2-6-15-12(17)9-4-5-10(13)11(14)7-9/h4-5,7-8,16H,2-3,6H2,1H3,(H,15,17). The van der Waals surface area contributed by atoms with Gasteiger partial charge in [-0.05, 0) is 38.0 Å². The number of carbonyl (C=O) groups excluding carboxylic acids is 1. The van der Waals surface area contributed by atoms with Crippen molar-refractivity contribution in [3.63, 3.8) is 0 Å². The van der Waals surface area contributed by atoms with Crippen molar-refractivity contribution in [2.75, 3.05) is 6.54 Å². The third kappa shape index (κ3) is 4.48. The molecule has 17 heavy (non-hydrogen) atoms. The lowest BCUT2D eigenvalue weighted by Crippen LogP contribution is -2.25. The first-order valence-corrected chi connectivity index (χ1v) is 5.42. The first-order chi connectivity index (χ1) is 8.00. The van der Waals surface area contributed by atoms with Crippen LogP contribution in [-0.2, 0) is 0 Å².